The molecule has 0 amide bonds. The van der Waals surface area contributed by atoms with Crippen molar-refractivity contribution in [3.63, 3.8) is 0 Å². The number of aryl methyl sites for hydroxylation is 2. The van der Waals surface area contributed by atoms with Crippen molar-refractivity contribution >= 4 is 10.1 Å². The third kappa shape index (κ3) is 5.36. The Hall–Kier alpha value is -2.31. The minimum absolute atomic E-state index is 0.0702. The molecule has 0 unspecified atom stereocenters. The van der Waals surface area contributed by atoms with Crippen LogP contribution in [0.2, 0.25) is 0 Å². The highest BCUT2D eigenvalue weighted by Crippen LogP contribution is 2.27. The Bertz CT molecular complexity index is 1150. The predicted octanol–water partition coefficient (Wildman–Crippen LogP) is 0.453. The normalized spacial score (nSPS) is 21.2. The minimum Gasteiger partial charge on any atom is -0.394 e. The van der Waals surface area contributed by atoms with E-state index in [9.17, 15) is 28.2 Å². The van der Waals surface area contributed by atoms with Gasteiger partial charge < -0.3 is 14.9 Å². The summed E-state index contributed by atoms with van der Waals surface area (Å²) in [6.07, 6.45) is -0.331. The van der Waals surface area contributed by atoms with Crippen LogP contribution in [0.4, 0.5) is 0 Å². The van der Waals surface area contributed by atoms with E-state index in [0.29, 0.717) is 18.4 Å². The summed E-state index contributed by atoms with van der Waals surface area (Å²) in [5, 5.41) is 19.2. The molecule has 2 N–H and O–H groups in total. The van der Waals surface area contributed by atoms with Crippen LogP contribution in [0.25, 0.3) is 0 Å². The number of nitrogens with zero attached hydrogens (tertiary/aromatic N) is 2. The van der Waals surface area contributed by atoms with Crippen molar-refractivity contribution in [1.29, 1.82) is 0 Å². The fourth-order valence-electron chi connectivity index (χ4n) is 3.53. The van der Waals surface area contributed by atoms with E-state index in [1.807, 2.05) is 6.92 Å². The highest BCUT2D eigenvalue weighted by molar-refractivity contribution is 7.86. The number of rotatable bonds is 9. The number of unbranched alkanes of at least 4 members (excludes halogenated alkanes) is 1. The lowest BCUT2D eigenvalue weighted by molar-refractivity contribution is -0.0464. The van der Waals surface area contributed by atoms with Gasteiger partial charge in [-0.3, -0.25) is 18.1 Å². The number of aliphatic hydroxyl groups is 2. The monoisotopic (exact) mass is 468 g/mol. The maximum absolute atomic E-state index is 12.8. The van der Waals surface area contributed by atoms with Crippen LogP contribution >= 0.6 is 0 Å². The Labute approximate surface area is 185 Å². The van der Waals surface area contributed by atoms with E-state index in [2.05, 4.69) is 0 Å². The molecule has 1 fully saturated rings. The molecule has 10 nitrogen and oxygen atoms in total. The molecule has 0 spiro atoms. The van der Waals surface area contributed by atoms with E-state index in [0.717, 1.165) is 10.1 Å². The molecule has 0 saturated carbocycles. The summed E-state index contributed by atoms with van der Waals surface area (Å²) >= 11 is 0. The topological polar surface area (TPSA) is 137 Å². The summed E-state index contributed by atoms with van der Waals surface area (Å²) in [6, 6.07) is 6.31. The molecule has 3 rings (SSSR count). The average Bonchev–Trinajstić information content (AvgIpc) is 3.13. The molecule has 1 aromatic heterocycles. The van der Waals surface area contributed by atoms with Gasteiger partial charge in [-0.05, 0) is 38.8 Å². The summed E-state index contributed by atoms with van der Waals surface area (Å²) in [5.74, 6) is 0. The first-order chi connectivity index (χ1) is 15.1. The van der Waals surface area contributed by atoms with Crippen molar-refractivity contribution in [3.05, 3.63) is 62.4 Å². The van der Waals surface area contributed by atoms with Crippen molar-refractivity contribution in [2.24, 2.45) is 0 Å². The number of hydrogen-bond acceptors (Lipinski definition) is 8. The van der Waals surface area contributed by atoms with Crippen LogP contribution in [-0.4, -0.2) is 53.2 Å². The molecule has 1 aliphatic rings. The molecule has 0 aliphatic carbocycles. The maximum atomic E-state index is 12.8. The van der Waals surface area contributed by atoms with Crippen molar-refractivity contribution < 1.29 is 27.6 Å². The van der Waals surface area contributed by atoms with Gasteiger partial charge in [-0.25, -0.2) is 4.79 Å². The fraction of sp³-hybridized carbons (Fsp3) is 0.524. The highest BCUT2D eigenvalue weighted by atomic mass is 32.2. The quantitative estimate of drug-likeness (QED) is 0.400. The first kappa shape index (κ1) is 24.3. The average molecular weight is 469 g/mol. The zero-order valence-corrected chi connectivity index (χ0v) is 18.8. The molecule has 0 bridgehead atoms. The molecule has 2 aromatic rings. The standard InChI is InChI=1S/C21H28N2O8S/c1-14-5-7-16(8-6-14)32(28,29)30-10-4-3-9-22-20(26)15(2)12-23(21(22)27)19-11-17(25)18(13-24)31-19/h5-8,12,17-19,24-25H,3-4,9-11,13H2,1-2H3/t17-,18+,19+/m0/s1. The Balaban J connectivity index is 1.63. The Kier molecular flexibility index (Phi) is 7.67. The Morgan fingerprint density at radius 1 is 1.16 bits per heavy atom. The third-order valence-corrected chi connectivity index (χ3v) is 6.71. The van der Waals surface area contributed by atoms with Crippen LogP contribution in [0.5, 0.6) is 0 Å². The van der Waals surface area contributed by atoms with Crippen molar-refractivity contribution in [2.75, 3.05) is 13.2 Å². The highest BCUT2D eigenvalue weighted by Gasteiger charge is 2.35. The lowest BCUT2D eigenvalue weighted by atomic mass is 10.2. The van der Waals surface area contributed by atoms with Crippen LogP contribution in [0.15, 0.2) is 44.9 Å². The Morgan fingerprint density at radius 2 is 1.84 bits per heavy atom. The van der Waals surface area contributed by atoms with E-state index in [1.54, 1.807) is 19.1 Å². The van der Waals surface area contributed by atoms with Crippen LogP contribution < -0.4 is 11.2 Å². The number of aliphatic hydroxyl groups excluding tert-OH is 2. The lowest BCUT2D eigenvalue weighted by Crippen LogP contribution is -2.42. The molecule has 11 heteroatoms. The summed E-state index contributed by atoms with van der Waals surface area (Å²) < 4.78 is 37.3. The molecule has 1 saturated heterocycles. The molecule has 1 aromatic carbocycles. The first-order valence-electron chi connectivity index (χ1n) is 10.4. The first-order valence-corrected chi connectivity index (χ1v) is 11.8. The largest absolute Gasteiger partial charge is 0.394 e. The summed E-state index contributed by atoms with van der Waals surface area (Å²) in [5.41, 5.74) is 0.220. The number of hydrogen-bond donors (Lipinski definition) is 2. The lowest BCUT2D eigenvalue weighted by Gasteiger charge is -2.17. The second-order valence-corrected chi connectivity index (χ2v) is 9.49. The molecule has 1 aliphatic heterocycles. The number of aromatic nitrogens is 2. The molecule has 176 valence electrons. The second-order valence-electron chi connectivity index (χ2n) is 7.87. The molecule has 3 atom stereocenters. The molecular formula is C21H28N2O8S. The van der Waals surface area contributed by atoms with Gasteiger partial charge in [0.25, 0.3) is 15.7 Å². The summed E-state index contributed by atoms with van der Waals surface area (Å²) in [4.78, 5) is 25.4. The van der Waals surface area contributed by atoms with Crippen molar-refractivity contribution in [3.8, 4) is 0 Å². The van der Waals surface area contributed by atoms with Gasteiger partial charge in [-0.1, -0.05) is 17.7 Å². The zero-order valence-electron chi connectivity index (χ0n) is 18.0. The third-order valence-electron chi connectivity index (χ3n) is 5.39. The van der Waals surface area contributed by atoms with Gasteiger partial charge in [0.2, 0.25) is 0 Å². The fourth-order valence-corrected chi connectivity index (χ4v) is 4.47. The van der Waals surface area contributed by atoms with Gasteiger partial charge in [0.1, 0.15) is 12.3 Å². The molecule has 2 heterocycles. The van der Waals surface area contributed by atoms with Gasteiger partial charge in [0.15, 0.2) is 0 Å². The molecular weight excluding hydrogens is 440 g/mol. The Morgan fingerprint density at radius 3 is 2.47 bits per heavy atom. The van der Waals surface area contributed by atoms with E-state index >= 15 is 0 Å². The van der Waals surface area contributed by atoms with E-state index in [-0.39, 0.29) is 31.1 Å². The predicted molar refractivity (Wildman–Crippen MR) is 115 cm³/mol. The summed E-state index contributed by atoms with van der Waals surface area (Å²) in [7, 11) is -3.87. The van der Waals surface area contributed by atoms with Crippen LogP contribution in [-0.2, 0) is 25.6 Å². The van der Waals surface area contributed by atoms with Gasteiger partial charge in [-0.15, -0.1) is 0 Å². The number of ether oxygens (including phenoxy) is 1. The molecule has 0 radical (unpaired) electrons. The minimum atomic E-state index is -3.87. The van der Waals surface area contributed by atoms with Crippen molar-refractivity contribution in [2.45, 2.75) is 63.0 Å². The van der Waals surface area contributed by atoms with Gasteiger partial charge in [0, 0.05) is 24.7 Å². The van der Waals surface area contributed by atoms with E-state index in [4.69, 9.17) is 8.92 Å². The zero-order chi connectivity index (χ0) is 23.5. The maximum Gasteiger partial charge on any atom is 0.333 e. The van der Waals surface area contributed by atoms with E-state index < -0.39 is 39.8 Å². The van der Waals surface area contributed by atoms with Crippen molar-refractivity contribution in [1.82, 2.24) is 9.13 Å². The van der Waals surface area contributed by atoms with Crippen LogP contribution in [0, 0.1) is 13.8 Å². The summed E-state index contributed by atoms with van der Waals surface area (Å²) in [6.45, 7) is 3.04. The van der Waals surface area contributed by atoms with Crippen LogP contribution in [0.1, 0.15) is 36.6 Å². The second kappa shape index (κ2) is 10.1. The van der Waals surface area contributed by atoms with Crippen LogP contribution in [0.3, 0.4) is 0 Å². The molecule has 32 heavy (non-hydrogen) atoms. The van der Waals surface area contributed by atoms with Gasteiger partial charge in [0.05, 0.1) is 24.2 Å². The smallest absolute Gasteiger partial charge is 0.333 e. The number of benzene rings is 1. The van der Waals surface area contributed by atoms with E-state index in [1.165, 1.54) is 22.9 Å². The van der Waals surface area contributed by atoms with Gasteiger partial charge >= 0.3 is 5.69 Å². The van der Waals surface area contributed by atoms with Gasteiger partial charge in [-0.2, -0.15) is 8.42 Å². The SMILES string of the molecule is Cc1ccc(S(=O)(=O)OCCCCn2c(=O)c(C)cn([C@H]3C[C@H](O)[C@@H](CO)O3)c2=O)cc1.